The maximum absolute atomic E-state index is 3.67. The first-order valence-corrected chi connectivity index (χ1v) is 17.1. The van der Waals surface area contributed by atoms with Gasteiger partial charge in [-0.05, 0) is 68.1 Å². The molecule has 1 nitrogen and oxygen atoms in total. The Bertz CT molecular complexity index is 2290. The lowest BCUT2D eigenvalue weighted by Gasteiger charge is -2.25. The van der Waals surface area contributed by atoms with E-state index in [-0.39, 0.29) is 0 Å². The molecule has 0 bridgehead atoms. The number of nitrogens with one attached hydrogen (secondary N) is 1. The van der Waals surface area contributed by atoms with E-state index >= 15 is 0 Å². The quantitative estimate of drug-likeness (QED) is 0.203. The van der Waals surface area contributed by atoms with Crippen molar-refractivity contribution in [1.29, 1.82) is 0 Å². The highest BCUT2D eigenvalue weighted by molar-refractivity contribution is 6.73. The van der Waals surface area contributed by atoms with Crippen LogP contribution in [0.4, 0.5) is 11.4 Å². The number of fused-ring (bicyclic) bond motifs is 2. The topological polar surface area (TPSA) is 12.0 Å². The van der Waals surface area contributed by atoms with Crippen LogP contribution in [0.1, 0.15) is 0 Å². The van der Waals surface area contributed by atoms with E-state index in [4.69, 9.17) is 0 Å². The van der Waals surface area contributed by atoms with E-state index in [0.29, 0.717) is 0 Å². The van der Waals surface area contributed by atoms with Crippen molar-refractivity contribution in [2.24, 2.45) is 0 Å². The van der Waals surface area contributed by atoms with Gasteiger partial charge in [-0.15, -0.1) is 27.3 Å². The highest BCUT2D eigenvalue weighted by atomic mass is 14.9. The Morgan fingerprint density at radius 1 is 0.255 bits per heavy atom. The van der Waals surface area contributed by atoms with Crippen LogP contribution in [0.5, 0.6) is 0 Å². The number of hydrogen-bond donors (Lipinski definition) is 1. The van der Waals surface area contributed by atoms with Gasteiger partial charge in [-0.3, -0.25) is 0 Å². The molecule has 0 aliphatic heterocycles. The van der Waals surface area contributed by atoms with Crippen LogP contribution >= 0.6 is 0 Å². The van der Waals surface area contributed by atoms with Gasteiger partial charge >= 0.3 is 0 Å². The fourth-order valence-corrected chi connectivity index (χ4v) is 8.37. The Morgan fingerprint density at radius 2 is 0.532 bits per heavy atom. The van der Waals surface area contributed by atoms with E-state index < -0.39 is 0 Å². The molecule has 0 atom stereocenters. The smallest absolute Gasteiger partial charge is 0.140 e. The molecule has 0 fully saturated rings. The summed E-state index contributed by atoms with van der Waals surface area (Å²) in [5.74, 6) is 0. The molecule has 47 heavy (non-hydrogen) atoms. The van der Waals surface area contributed by atoms with Crippen LogP contribution < -0.4 is 81.8 Å². The molecule has 0 unspecified atom stereocenters. The lowest BCUT2D eigenvalue weighted by atomic mass is 9.58. The molecular weight excluding hydrogens is 550 g/mol. The van der Waals surface area contributed by atoms with E-state index in [0.717, 1.165) is 11.4 Å². The van der Waals surface area contributed by atoms with Crippen molar-refractivity contribution in [1.82, 2.24) is 0 Å². The van der Waals surface area contributed by atoms with Crippen molar-refractivity contribution in [3.8, 4) is 22.3 Å². The van der Waals surface area contributed by atoms with Gasteiger partial charge in [-0.25, -0.2) is 0 Å². The maximum atomic E-state index is 3.67. The summed E-state index contributed by atoms with van der Waals surface area (Å²) in [6.07, 6.45) is 0. The van der Waals surface area contributed by atoms with Crippen molar-refractivity contribution < 1.29 is 0 Å². The van der Waals surface area contributed by atoms with Gasteiger partial charge in [-0.1, -0.05) is 73.4 Å². The first-order valence-electron chi connectivity index (χ1n) is 17.1. The molecule has 6 aromatic carbocycles. The van der Waals surface area contributed by atoms with E-state index in [1.807, 2.05) is 0 Å². The summed E-state index contributed by atoms with van der Waals surface area (Å²) in [4.78, 5) is 0. The van der Waals surface area contributed by atoms with Crippen molar-refractivity contribution in [2.75, 3.05) is 5.32 Å². The second-order valence-electron chi connectivity index (χ2n) is 14.3. The van der Waals surface area contributed by atoms with Gasteiger partial charge < -0.3 is 5.32 Å². The molecule has 0 heterocycles. The molecule has 6 rings (SSSR count). The second-order valence-corrected chi connectivity index (χ2v) is 14.3. The minimum atomic E-state index is 1.10. The molecule has 6 aromatic rings. The van der Waals surface area contributed by atoms with E-state index in [9.17, 15) is 0 Å². The Kier molecular flexibility index (Phi) is 8.69. The summed E-state index contributed by atoms with van der Waals surface area (Å²) < 4.78 is 0. The molecule has 0 aliphatic rings. The SMILES string of the molecule is Bc1c(B)c(B)c2c(B)c(-c3ccc(Nc4ccc(-c5c(B)c(B)c(B)c6c(B)c(B)c(B)c(B)c56)cc4)cc3)c(B)c(B)c2c1B. The minimum Gasteiger partial charge on any atom is -0.356 e. The summed E-state index contributed by atoms with van der Waals surface area (Å²) in [6, 6.07) is 18.0. The monoisotopic (exact) mass is 589 g/mol. The van der Waals surface area contributed by atoms with Crippen LogP contribution in [0.15, 0.2) is 48.5 Å². The highest BCUT2D eigenvalue weighted by Crippen LogP contribution is 2.27. The summed E-state index contributed by atoms with van der Waals surface area (Å²) in [7, 11) is 32.0. The van der Waals surface area contributed by atoms with Crippen LogP contribution in [0.2, 0.25) is 0 Å². The summed E-state index contributed by atoms with van der Waals surface area (Å²) in [6.45, 7) is 0. The minimum absolute atomic E-state index is 1.10. The molecule has 0 spiro atoms. The zero-order chi connectivity index (χ0) is 34.2. The van der Waals surface area contributed by atoms with Crippen LogP contribution in [-0.4, -0.2) is 110 Å². The van der Waals surface area contributed by atoms with Crippen LogP contribution in [-0.2, 0) is 0 Å². The average Bonchev–Trinajstić information content (AvgIpc) is 3.06. The maximum Gasteiger partial charge on any atom is 0.140 e. The van der Waals surface area contributed by atoms with Gasteiger partial charge in [0.1, 0.15) is 110 Å². The standard InChI is InChI=1S/C32H37B14N/c33-19-14(21(35)23(37)18-17(19)26(40)31(45)32(46)27(18)41)10-3-7-12(8-4-10)47-11-5-1-9(2-6-11)13-15-16(24(38)28(42)20(13)34)25(39)30(44)29(43)22(15)36/h1-8,47H,33-46H2. The molecule has 212 valence electrons. The largest absolute Gasteiger partial charge is 0.356 e. The third kappa shape index (κ3) is 5.15. The summed E-state index contributed by atoms with van der Waals surface area (Å²) in [5, 5.41) is 9.37. The van der Waals surface area contributed by atoms with Gasteiger partial charge in [0.2, 0.25) is 0 Å². The van der Waals surface area contributed by atoms with Crippen molar-refractivity contribution >= 4 is 219 Å². The van der Waals surface area contributed by atoms with Gasteiger partial charge in [-0.2, -0.15) is 0 Å². The first-order chi connectivity index (χ1) is 22.2. The summed E-state index contributed by atoms with van der Waals surface area (Å²) >= 11 is 0. The molecule has 0 saturated heterocycles. The van der Waals surface area contributed by atoms with E-state index in [2.05, 4.69) is 164 Å². The van der Waals surface area contributed by atoms with E-state index in [1.54, 1.807) is 0 Å². The predicted molar refractivity (Wildman–Crippen MR) is 257 cm³/mol. The average molecular weight is 587 g/mol. The molecule has 1 N–H and O–H groups in total. The summed E-state index contributed by atoms with van der Waals surface area (Å²) in [5.41, 5.74) is 27.1. The molecule has 0 aromatic heterocycles. The lowest BCUT2D eigenvalue weighted by molar-refractivity contribution is 1.55. The fourth-order valence-electron chi connectivity index (χ4n) is 8.37. The predicted octanol–water partition coefficient (Wildman–Crippen LogP) is -15.3. The zero-order valence-electron chi connectivity index (χ0n) is 31.1. The number of hydrogen-bond acceptors (Lipinski definition) is 1. The third-order valence-corrected chi connectivity index (χ3v) is 12.2. The van der Waals surface area contributed by atoms with Gasteiger partial charge in [0, 0.05) is 11.4 Å². The number of rotatable bonds is 4. The highest BCUT2D eigenvalue weighted by Gasteiger charge is 2.20. The molecule has 0 saturated carbocycles. The Hall–Kier alpha value is -3.45. The van der Waals surface area contributed by atoms with Crippen LogP contribution in [0, 0.1) is 0 Å². The van der Waals surface area contributed by atoms with Crippen molar-refractivity contribution in [3.63, 3.8) is 0 Å². The third-order valence-electron chi connectivity index (χ3n) is 12.2. The molecular formula is C32H37B14N. The Morgan fingerprint density at radius 3 is 0.957 bits per heavy atom. The van der Waals surface area contributed by atoms with E-state index in [1.165, 1.54) is 120 Å². The fraction of sp³-hybridized carbons (Fsp3) is 0. The van der Waals surface area contributed by atoms with Gasteiger partial charge in [0.05, 0.1) is 0 Å². The second kappa shape index (κ2) is 12.2. The number of benzene rings is 6. The first kappa shape index (κ1) is 33.5. The molecule has 15 heteroatoms. The lowest BCUT2D eigenvalue weighted by Crippen LogP contribution is -2.52. The van der Waals surface area contributed by atoms with Crippen molar-refractivity contribution in [3.05, 3.63) is 48.5 Å². The van der Waals surface area contributed by atoms with Gasteiger partial charge in [0.25, 0.3) is 0 Å². The van der Waals surface area contributed by atoms with Gasteiger partial charge in [0.15, 0.2) is 0 Å². The van der Waals surface area contributed by atoms with Crippen molar-refractivity contribution in [2.45, 2.75) is 0 Å². The molecule has 0 aliphatic carbocycles. The Labute approximate surface area is 294 Å². The molecule has 0 radical (unpaired) electrons. The van der Waals surface area contributed by atoms with Crippen LogP contribution in [0.25, 0.3) is 43.8 Å². The Balaban J connectivity index is 1.36. The van der Waals surface area contributed by atoms with Crippen LogP contribution in [0.3, 0.4) is 0 Å². The molecule has 0 amide bonds. The zero-order valence-corrected chi connectivity index (χ0v) is 31.1. The normalized spacial score (nSPS) is 11.3. The number of anilines is 2.